The Hall–Kier alpha value is -0.930. The van der Waals surface area contributed by atoms with E-state index in [1.165, 1.54) is 12.8 Å². The van der Waals surface area contributed by atoms with Crippen LogP contribution in [0.1, 0.15) is 31.4 Å². The number of hydrogen-bond acceptors (Lipinski definition) is 3. The highest BCUT2D eigenvalue weighted by molar-refractivity contribution is 5.85. The summed E-state index contributed by atoms with van der Waals surface area (Å²) in [6.07, 6.45) is 2.33. The molecule has 1 atom stereocenters. The fourth-order valence-corrected chi connectivity index (χ4v) is 1.79. The van der Waals surface area contributed by atoms with E-state index >= 15 is 0 Å². The predicted octanol–water partition coefficient (Wildman–Crippen LogP) is 2.62. The lowest BCUT2D eigenvalue weighted by Crippen LogP contribution is -2.12. The number of halogens is 1. The van der Waals surface area contributed by atoms with Gasteiger partial charge in [0.05, 0.1) is 6.61 Å². The topological polar surface area (TPSA) is 55.5 Å². The van der Waals surface area contributed by atoms with Gasteiger partial charge < -0.3 is 15.6 Å². The van der Waals surface area contributed by atoms with Crippen molar-refractivity contribution in [2.24, 2.45) is 11.7 Å². The summed E-state index contributed by atoms with van der Waals surface area (Å²) < 4.78 is 5.32. The number of aromatic hydroxyl groups is 1. The van der Waals surface area contributed by atoms with E-state index in [1.807, 2.05) is 19.1 Å². The van der Waals surface area contributed by atoms with E-state index < -0.39 is 0 Å². The van der Waals surface area contributed by atoms with Crippen molar-refractivity contribution >= 4 is 12.4 Å². The standard InChI is InChI=1S/C12H17NO2.ClH/c1-2-15-10-5-3-4-9(12(10)14)11(13)8-6-7-8;/h3-5,8,11,14H,2,6-7,13H2,1H3;1H/t11-;/m1./s1. The Labute approximate surface area is 102 Å². The highest BCUT2D eigenvalue weighted by Gasteiger charge is 2.31. The average molecular weight is 244 g/mol. The molecule has 0 unspecified atom stereocenters. The minimum atomic E-state index is -0.0505. The molecule has 3 N–H and O–H groups in total. The Morgan fingerprint density at radius 3 is 2.75 bits per heavy atom. The second kappa shape index (κ2) is 5.41. The number of phenolic OH excluding ortho intramolecular Hbond substituents is 1. The van der Waals surface area contributed by atoms with E-state index in [-0.39, 0.29) is 24.2 Å². The van der Waals surface area contributed by atoms with Crippen LogP contribution in [0.3, 0.4) is 0 Å². The van der Waals surface area contributed by atoms with Crippen LogP contribution in [-0.2, 0) is 0 Å². The van der Waals surface area contributed by atoms with Crippen molar-refractivity contribution in [1.29, 1.82) is 0 Å². The zero-order chi connectivity index (χ0) is 10.8. The van der Waals surface area contributed by atoms with Gasteiger partial charge in [0, 0.05) is 11.6 Å². The molecule has 1 aromatic carbocycles. The molecule has 1 fully saturated rings. The molecule has 4 heteroatoms. The number of ether oxygens (including phenoxy) is 1. The van der Waals surface area contributed by atoms with E-state index in [1.54, 1.807) is 6.07 Å². The second-order valence-electron chi connectivity index (χ2n) is 3.99. The molecule has 16 heavy (non-hydrogen) atoms. The maximum Gasteiger partial charge on any atom is 0.162 e. The summed E-state index contributed by atoms with van der Waals surface area (Å²) in [6.45, 7) is 2.45. The highest BCUT2D eigenvalue weighted by atomic mass is 35.5. The Morgan fingerprint density at radius 1 is 1.50 bits per heavy atom. The van der Waals surface area contributed by atoms with E-state index in [0.29, 0.717) is 18.3 Å². The van der Waals surface area contributed by atoms with Crippen LogP contribution in [0.2, 0.25) is 0 Å². The Kier molecular flexibility index (Phi) is 4.44. The van der Waals surface area contributed by atoms with E-state index in [4.69, 9.17) is 10.5 Å². The van der Waals surface area contributed by atoms with E-state index in [2.05, 4.69) is 0 Å². The summed E-state index contributed by atoms with van der Waals surface area (Å²) >= 11 is 0. The van der Waals surface area contributed by atoms with Crippen molar-refractivity contribution in [3.05, 3.63) is 23.8 Å². The minimum Gasteiger partial charge on any atom is -0.504 e. The van der Waals surface area contributed by atoms with Gasteiger partial charge in [0.2, 0.25) is 0 Å². The zero-order valence-electron chi connectivity index (χ0n) is 9.35. The first-order valence-corrected chi connectivity index (χ1v) is 5.44. The van der Waals surface area contributed by atoms with Crippen molar-refractivity contribution in [1.82, 2.24) is 0 Å². The summed E-state index contributed by atoms with van der Waals surface area (Å²) in [5.41, 5.74) is 6.86. The molecule has 1 aromatic rings. The SMILES string of the molecule is CCOc1cccc([C@H](N)C2CC2)c1O.Cl. The Bertz CT molecular complexity index is 353. The first-order valence-electron chi connectivity index (χ1n) is 5.44. The van der Waals surface area contributed by atoms with Crippen LogP contribution in [0, 0.1) is 5.92 Å². The van der Waals surface area contributed by atoms with Crippen LogP contribution in [0.15, 0.2) is 18.2 Å². The third-order valence-electron chi connectivity index (χ3n) is 2.82. The lowest BCUT2D eigenvalue weighted by atomic mass is 10.0. The number of hydrogen-bond donors (Lipinski definition) is 2. The Balaban J connectivity index is 0.00000128. The highest BCUT2D eigenvalue weighted by Crippen LogP contribution is 2.44. The third kappa shape index (κ3) is 2.60. The molecule has 90 valence electrons. The maximum absolute atomic E-state index is 9.96. The molecule has 0 aliphatic heterocycles. The van der Waals surface area contributed by atoms with Gasteiger partial charge in [0.25, 0.3) is 0 Å². The molecule has 0 spiro atoms. The van der Waals surface area contributed by atoms with Gasteiger partial charge in [-0.3, -0.25) is 0 Å². The van der Waals surface area contributed by atoms with Crippen LogP contribution in [0.4, 0.5) is 0 Å². The van der Waals surface area contributed by atoms with Crippen molar-refractivity contribution in [2.45, 2.75) is 25.8 Å². The lowest BCUT2D eigenvalue weighted by Gasteiger charge is -2.15. The molecular formula is C12H18ClNO2. The largest absolute Gasteiger partial charge is 0.504 e. The molecule has 0 radical (unpaired) electrons. The van der Waals surface area contributed by atoms with Crippen LogP contribution in [-0.4, -0.2) is 11.7 Å². The smallest absolute Gasteiger partial charge is 0.162 e. The van der Waals surface area contributed by atoms with E-state index in [0.717, 1.165) is 5.56 Å². The quantitative estimate of drug-likeness (QED) is 0.855. The predicted molar refractivity (Wildman–Crippen MR) is 66.2 cm³/mol. The number of rotatable bonds is 4. The van der Waals surface area contributed by atoms with Gasteiger partial charge in [-0.05, 0) is 31.7 Å². The molecule has 0 bridgehead atoms. The molecular weight excluding hydrogens is 226 g/mol. The van der Waals surface area contributed by atoms with Gasteiger partial charge >= 0.3 is 0 Å². The zero-order valence-corrected chi connectivity index (χ0v) is 10.2. The maximum atomic E-state index is 9.96. The second-order valence-corrected chi connectivity index (χ2v) is 3.99. The summed E-state index contributed by atoms with van der Waals surface area (Å²) in [6, 6.07) is 5.47. The van der Waals surface area contributed by atoms with Crippen LogP contribution >= 0.6 is 12.4 Å². The summed E-state index contributed by atoms with van der Waals surface area (Å²) in [7, 11) is 0. The summed E-state index contributed by atoms with van der Waals surface area (Å²) in [5.74, 6) is 1.28. The molecule has 1 aliphatic rings. The monoisotopic (exact) mass is 243 g/mol. The number of phenols is 1. The Morgan fingerprint density at radius 2 is 2.19 bits per heavy atom. The summed E-state index contributed by atoms with van der Waals surface area (Å²) in [5, 5.41) is 9.96. The number of nitrogens with two attached hydrogens (primary N) is 1. The fourth-order valence-electron chi connectivity index (χ4n) is 1.79. The van der Waals surface area contributed by atoms with Crippen molar-refractivity contribution in [2.75, 3.05) is 6.61 Å². The van der Waals surface area contributed by atoms with Crippen LogP contribution in [0.5, 0.6) is 11.5 Å². The molecule has 0 aromatic heterocycles. The molecule has 1 saturated carbocycles. The normalized spacial score (nSPS) is 16.4. The average Bonchev–Trinajstić information content (AvgIpc) is 3.04. The molecule has 1 aliphatic carbocycles. The van der Waals surface area contributed by atoms with Gasteiger partial charge in [-0.2, -0.15) is 0 Å². The molecule has 3 nitrogen and oxygen atoms in total. The number of para-hydroxylation sites is 1. The van der Waals surface area contributed by atoms with Gasteiger partial charge in [0.15, 0.2) is 11.5 Å². The molecule has 0 amide bonds. The van der Waals surface area contributed by atoms with Crippen LogP contribution in [0.25, 0.3) is 0 Å². The number of benzene rings is 1. The molecule has 0 saturated heterocycles. The first-order chi connectivity index (χ1) is 7.24. The fraction of sp³-hybridized carbons (Fsp3) is 0.500. The van der Waals surface area contributed by atoms with Crippen molar-refractivity contribution in [3.63, 3.8) is 0 Å². The van der Waals surface area contributed by atoms with Gasteiger partial charge in [0.1, 0.15) is 0 Å². The van der Waals surface area contributed by atoms with Gasteiger partial charge in [-0.15, -0.1) is 12.4 Å². The lowest BCUT2D eigenvalue weighted by molar-refractivity contribution is 0.315. The van der Waals surface area contributed by atoms with Crippen molar-refractivity contribution in [3.8, 4) is 11.5 Å². The summed E-state index contributed by atoms with van der Waals surface area (Å²) in [4.78, 5) is 0. The van der Waals surface area contributed by atoms with Crippen LogP contribution < -0.4 is 10.5 Å². The van der Waals surface area contributed by atoms with Gasteiger partial charge in [-0.25, -0.2) is 0 Å². The molecule has 0 heterocycles. The minimum absolute atomic E-state index is 0. The van der Waals surface area contributed by atoms with E-state index in [9.17, 15) is 5.11 Å². The van der Waals surface area contributed by atoms with Gasteiger partial charge in [-0.1, -0.05) is 12.1 Å². The first kappa shape index (κ1) is 13.1. The molecule has 2 rings (SSSR count). The van der Waals surface area contributed by atoms with Crippen molar-refractivity contribution < 1.29 is 9.84 Å². The third-order valence-corrected chi connectivity index (χ3v) is 2.82.